The summed E-state index contributed by atoms with van der Waals surface area (Å²) >= 11 is 0. The van der Waals surface area contributed by atoms with Crippen LogP contribution in [0.4, 0.5) is 5.82 Å². The summed E-state index contributed by atoms with van der Waals surface area (Å²) in [4.78, 5) is 34.5. The van der Waals surface area contributed by atoms with E-state index < -0.39 is 5.63 Å². The lowest BCUT2D eigenvalue weighted by atomic mass is 9.91. The fourth-order valence-corrected chi connectivity index (χ4v) is 5.25. The Kier molecular flexibility index (Phi) is 6.36. The van der Waals surface area contributed by atoms with Crippen molar-refractivity contribution in [3.8, 4) is 11.5 Å². The van der Waals surface area contributed by atoms with Crippen molar-refractivity contribution in [3.05, 3.63) is 57.6 Å². The summed E-state index contributed by atoms with van der Waals surface area (Å²) in [5, 5.41) is 0.783. The standard InChI is InChI=1S/C28H33N3O5/c1-18-19(8-9-24(32)31-15-13-30(14-16-31)23-7-5-6-12-29-23)27(33)35-26-20-10-11-28(2,3)36-21(20)17-22(34-4)25(18)26/h5-7,12,17H,8-11,13-16H2,1-4H3. The van der Waals surface area contributed by atoms with Gasteiger partial charge in [-0.15, -0.1) is 0 Å². The van der Waals surface area contributed by atoms with Crippen LogP contribution >= 0.6 is 0 Å². The first-order valence-corrected chi connectivity index (χ1v) is 12.6. The van der Waals surface area contributed by atoms with Gasteiger partial charge in [-0.2, -0.15) is 0 Å². The molecule has 0 saturated carbocycles. The Morgan fingerprint density at radius 1 is 1.19 bits per heavy atom. The first-order chi connectivity index (χ1) is 17.3. The monoisotopic (exact) mass is 491 g/mol. The van der Waals surface area contributed by atoms with Crippen LogP contribution in [0, 0.1) is 6.92 Å². The van der Waals surface area contributed by atoms with Crippen LogP contribution in [0.1, 0.15) is 43.4 Å². The maximum atomic E-state index is 13.1. The van der Waals surface area contributed by atoms with Crippen LogP contribution in [-0.2, 0) is 17.6 Å². The van der Waals surface area contributed by atoms with E-state index in [1.165, 1.54) is 0 Å². The second-order valence-corrected chi connectivity index (χ2v) is 10.2. The van der Waals surface area contributed by atoms with E-state index in [4.69, 9.17) is 13.9 Å². The fraction of sp³-hybridized carbons (Fsp3) is 0.464. The topological polar surface area (TPSA) is 85.1 Å². The Morgan fingerprint density at radius 3 is 2.67 bits per heavy atom. The number of fused-ring (bicyclic) bond motifs is 3. The number of pyridine rings is 1. The maximum absolute atomic E-state index is 13.1. The Labute approximate surface area is 210 Å². The first-order valence-electron chi connectivity index (χ1n) is 12.6. The molecule has 0 N–H and O–H groups in total. The number of hydrogen-bond acceptors (Lipinski definition) is 7. The molecule has 5 rings (SSSR count). The van der Waals surface area contributed by atoms with Crippen LogP contribution in [0.3, 0.4) is 0 Å². The van der Waals surface area contributed by atoms with Crippen molar-refractivity contribution in [1.29, 1.82) is 0 Å². The Balaban J connectivity index is 1.34. The van der Waals surface area contributed by atoms with Crippen LogP contribution in [0.5, 0.6) is 11.5 Å². The highest BCUT2D eigenvalue weighted by Gasteiger charge is 2.31. The van der Waals surface area contributed by atoms with Crippen molar-refractivity contribution in [2.45, 2.75) is 52.1 Å². The van der Waals surface area contributed by atoms with Gasteiger partial charge in [0, 0.05) is 56.0 Å². The van der Waals surface area contributed by atoms with E-state index in [9.17, 15) is 9.59 Å². The SMILES string of the molecule is COc1cc2c(c3oc(=O)c(CCC(=O)N4CCN(c5ccccn5)CC4)c(C)c13)CCC(C)(C)O2. The molecule has 1 amide bonds. The largest absolute Gasteiger partial charge is 0.496 e. The predicted molar refractivity (Wildman–Crippen MR) is 138 cm³/mol. The third-order valence-electron chi connectivity index (χ3n) is 7.35. The van der Waals surface area contributed by atoms with Gasteiger partial charge in [0.25, 0.3) is 0 Å². The molecule has 2 aliphatic rings. The van der Waals surface area contributed by atoms with Gasteiger partial charge in [0.1, 0.15) is 28.5 Å². The van der Waals surface area contributed by atoms with Crippen LogP contribution in [0.15, 0.2) is 39.7 Å². The van der Waals surface area contributed by atoms with Gasteiger partial charge < -0.3 is 23.7 Å². The van der Waals surface area contributed by atoms with E-state index in [-0.39, 0.29) is 17.9 Å². The average molecular weight is 492 g/mol. The zero-order chi connectivity index (χ0) is 25.4. The maximum Gasteiger partial charge on any atom is 0.339 e. The molecule has 0 spiro atoms. The van der Waals surface area contributed by atoms with Gasteiger partial charge in [-0.1, -0.05) is 6.07 Å². The summed E-state index contributed by atoms with van der Waals surface area (Å²) in [5.74, 6) is 2.29. The molecular formula is C28H33N3O5. The molecule has 0 unspecified atom stereocenters. The van der Waals surface area contributed by atoms with Crippen molar-refractivity contribution in [1.82, 2.24) is 9.88 Å². The van der Waals surface area contributed by atoms with Gasteiger partial charge in [0.05, 0.1) is 12.5 Å². The summed E-state index contributed by atoms with van der Waals surface area (Å²) in [5.41, 5.74) is 2.08. The molecule has 0 radical (unpaired) electrons. The van der Waals surface area contributed by atoms with E-state index >= 15 is 0 Å². The quantitative estimate of drug-likeness (QED) is 0.501. The summed E-state index contributed by atoms with van der Waals surface area (Å²) in [6.45, 7) is 8.75. The highest BCUT2D eigenvalue weighted by Crippen LogP contribution is 2.43. The molecule has 36 heavy (non-hydrogen) atoms. The lowest BCUT2D eigenvalue weighted by molar-refractivity contribution is -0.131. The third kappa shape index (κ3) is 4.52. The minimum Gasteiger partial charge on any atom is -0.496 e. The van der Waals surface area contributed by atoms with Gasteiger partial charge >= 0.3 is 5.63 Å². The van der Waals surface area contributed by atoms with Crippen molar-refractivity contribution < 1.29 is 18.7 Å². The highest BCUT2D eigenvalue weighted by atomic mass is 16.5. The number of rotatable bonds is 5. The number of carbonyl (C=O) groups is 1. The van der Waals surface area contributed by atoms with Gasteiger partial charge in [-0.05, 0) is 57.7 Å². The van der Waals surface area contributed by atoms with E-state index in [0.717, 1.165) is 48.3 Å². The van der Waals surface area contributed by atoms with Gasteiger partial charge in [-0.25, -0.2) is 9.78 Å². The van der Waals surface area contributed by atoms with E-state index in [2.05, 4.69) is 9.88 Å². The smallest absolute Gasteiger partial charge is 0.339 e. The molecule has 0 atom stereocenters. The molecule has 0 aliphatic carbocycles. The number of benzene rings is 1. The number of ether oxygens (including phenoxy) is 2. The molecule has 3 aromatic rings. The number of amides is 1. The molecule has 190 valence electrons. The van der Waals surface area contributed by atoms with Crippen LogP contribution in [0.2, 0.25) is 0 Å². The highest BCUT2D eigenvalue weighted by molar-refractivity contribution is 5.92. The Bertz CT molecular complexity index is 1340. The molecule has 0 bridgehead atoms. The Hall–Kier alpha value is -3.55. The number of anilines is 1. The molecule has 1 fully saturated rings. The predicted octanol–water partition coefficient (Wildman–Crippen LogP) is 3.89. The van der Waals surface area contributed by atoms with Gasteiger partial charge in [0.2, 0.25) is 5.91 Å². The number of piperazine rings is 1. The van der Waals surface area contributed by atoms with Crippen LogP contribution in [0.25, 0.3) is 11.0 Å². The number of nitrogens with zero attached hydrogens (tertiary/aromatic N) is 3. The van der Waals surface area contributed by atoms with Crippen LogP contribution in [-0.4, -0.2) is 54.7 Å². The van der Waals surface area contributed by atoms with E-state index in [1.807, 2.05) is 49.9 Å². The molecule has 8 heteroatoms. The summed E-state index contributed by atoms with van der Waals surface area (Å²) in [6.07, 6.45) is 3.95. The zero-order valence-electron chi connectivity index (χ0n) is 21.4. The lowest BCUT2D eigenvalue weighted by Gasteiger charge is -2.35. The van der Waals surface area contributed by atoms with Crippen molar-refractivity contribution >= 4 is 22.7 Å². The normalized spacial score (nSPS) is 17.0. The molecule has 2 aromatic heterocycles. The molecule has 2 aliphatic heterocycles. The van der Waals surface area contributed by atoms with E-state index in [0.29, 0.717) is 42.2 Å². The van der Waals surface area contributed by atoms with Crippen molar-refractivity contribution in [2.75, 3.05) is 38.2 Å². The summed E-state index contributed by atoms with van der Waals surface area (Å²) in [6, 6.07) is 7.74. The number of methoxy groups -OCH3 is 1. The zero-order valence-corrected chi connectivity index (χ0v) is 21.4. The number of aryl methyl sites for hydroxylation is 2. The second-order valence-electron chi connectivity index (χ2n) is 10.2. The molecular weight excluding hydrogens is 458 g/mol. The van der Waals surface area contributed by atoms with Crippen molar-refractivity contribution in [2.24, 2.45) is 0 Å². The molecule has 1 aromatic carbocycles. The van der Waals surface area contributed by atoms with Gasteiger partial charge in [-0.3, -0.25) is 4.79 Å². The third-order valence-corrected chi connectivity index (χ3v) is 7.35. The minimum atomic E-state index is -0.395. The second kappa shape index (κ2) is 9.48. The number of aromatic nitrogens is 1. The minimum absolute atomic E-state index is 0.0441. The molecule has 8 nitrogen and oxygen atoms in total. The number of carbonyl (C=O) groups excluding carboxylic acids is 1. The average Bonchev–Trinajstić information content (AvgIpc) is 2.87. The first kappa shape index (κ1) is 24.2. The Morgan fingerprint density at radius 2 is 1.97 bits per heavy atom. The number of hydrogen-bond donors (Lipinski definition) is 0. The van der Waals surface area contributed by atoms with E-state index in [1.54, 1.807) is 13.3 Å². The summed E-state index contributed by atoms with van der Waals surface area (Å²) in [7, 11) is 1.60. The lowest BCUT2D eigenvalue weighted by Crippen LogP contribution is -2.49. The summed E-state index contributed by atoms with van der Waals surface area (Å²) < 4.78 is 17.7. The fourth-order valence-electron chi connectivity index (χ4n) is 5.25. The molecule has 4 heterocycles. The van der Waals surface area contributed by atoms with Gasteiger partial charge in [0.15, 0.2) is 0 Å². The van der Waals surface area contributed by atoms with Crippen LogP contribution < -0.4 is 20.0 Å². The van der Waals surface area contributed by atoms with Crippen molar-refractivity contribution in [3.63, 3.8) is 0 Å². The molecule has 1 saturated heterocycles.